The highest BCUT2D eigenvalue weighted by molar-refractivity contribution is 7.13. The molecule has 2 amide bonds. The maximum atomic E-state index is 13.0. The van der Waals surface area contributed by atoms with E-state index in [-0.39, 0.29) is 16.3 Å². The number of fused-ring (bicyclic) bond motifs is 1. The quantitative estimate of drug-likeness (QED) is 0.416. The van der Waals surface area contributed by atoms with Crippen molar-refractivity contribution in [3.63, 3.8) is 0 Å². The summed E-state index contributed by atoms with van der Waals surface area (Å²) in [6.07, 6.45) is -0.603. The molecular weight excluding hydrogens is 495 g/mol. The lowest BCUT2D eigenvalue weighted by atomic mass is 10.2. The average molecular weight is 510 g/mol. The Morgan fingerprint density at radius 1 is 1.15 bits per heavy atom. The molecule has 0 aliphatic heterocycles. The van der Waals surface area contributed by atoms with Crippen molar-refractivity contribution in [2.75, 3.05) is 5.32 Å². The Labute approximate surface area is 199 Å². The lowest BCUT2D eigenvalue weighted by Crippen LogP contribution is -2.27. The number of hydrogen-bond acceptors (Lipinski definition) is 7. The molecule has 0 radical (unpaired) electrons. The maximum absolute atomic E-state index is 13.0. The number of anilines is 1. The van der Waals surface area contributed by atoms with Gasteiger partial charge in [-0.25, -0.2) is 19.9 Å². The molecule has 0 aliphatic rings. The van der Waals surface area contributed by atoms with Crippen LogP contribution < -0.4 is 10.6 Å². The van der Waals surface area contributed by atoms with E-state index in [4.69, 9.17) is 11.6 Å². The minimum Gasteiger partial charge on any atom is -0.342 e. The molecule has 0 saturated heterocycles. The van der Waals surface area contributed by atoms with Crippen LogP contribution in [-0.4, -0.2) is 36.3 Å². The number of aromatic nitrogens is 5. The summed E-state index contributed by atoms with van der Waals surface area (Å²) in [4.78, 5) is 41.8. The van der Waals surface area contributed by atoms with Crippen LogP contribution in [0.5, 0.6) is 0 Å². The molecule has 2 N–H and O–H groups in total. The van der Waals surface area contributed by atoms with Crippen molar-refractivity contribution in [1.29, 1.82) is 0 Å². The number of benzene rings is 1. The maximum Gasteiger partial charge on any atom is 0.417 e. The van der Waals surface area contributed by atoms with Gasteiger partial charge in [-0.2, -0.15) is 13.2 Å². The van der Waals surface area contributed by atoms with Crippen molar-refractivity contribution in [3.8, 4) is 0 Å². The minimum atomic E-state index is -4.66. The van der Waals surface area contributed by atoms with Gasteiger partial charge in [-0.05, 0) is 25.1 Å². The molecule has 3 aromatic heterocycles. The topological polar surface area (TPSA) is 115 Å². The number of carbonyl (C=O) groups is 2. The summed E-state index contributed by atoms with van der Waals surface area (Å²) in [5, 5.41) is 5.08. The summed E-state index contributed by atoms with van der Waals surface area (Å²) in [5.74, 6) is -1.15. The van der Waals surface area contributed by atoms with Gasteiger partial charge in [0.25, 0.3) is 11.8 Å². The molecule has 4 aromatic rings. The van der Waals surface area contributed by atoms with E-state index < -0.39 is 34.6 Å². The number of hydrogen-bond donors (Lipinski definition) is 2. The van der Waals surface area contributed by atoms with E-state index in [1.54, 1.807) is 18.5 Å². The van der Waals surface area contributed by atoms with E-state index in [9.17, 15) is 22.8 Å². The normalized spacial score (nSPS) is 12.5. The van der Waals surface area contributed by atoms with Crippen molar-refractivity contribution in [2.45, 2.75) is 19.1 Å². The van der Waals surface area contributed by atoms with Gasteiger partial charge >= 0.3 is 6.18 Å². The van der Waals surface area contributed by atoms with Crippen molar-refractivity contribution in [1.82, 2.24) is 29.8 Å². The van der Waals surface area contributed by atoms with E-state index in [1.807, 2.05) is 0 Å². The second-order valence-corrected chi connectivity index (χ2v) is 8.62. The second kappa shape index (κ2) is 8.99. The van der Waals surface area contributed by atoms with Crippen LogP contribution in [0.4, 0.5) is 18.9 Å². The van der Waals surface area contributed by atoms with Crippen LogP contribution in [0.3, 0.4) is 0 Å². The third-order valence-corrected chi connectivity index (χ3v) is 6.22. The van der Waals surface area contributed by atoms with Crippen molar-refractivity contribution < 1.29 is 22.8 Å². The minimum absolute atomic E-state index is 0.0684. The molecule has 0 unspecified atom stereocenters. The molecule has 14 heteroatoms. The number of thiazole rings is 1. The van der Waals surface area contributed by atoms with Crippen LogP contribution in [0.2, 0.25) is 5.02 Å². The van der Waals surface area contributed by atoms with Crippen molar-refractivity contribution >= 4 is 51.6 Å². The highest BCUT2D eigenvalue weighted by Gasteiger charge is 2.33. The molecule has 0 fully saturated rings. The zero-order chi connectivity index (χ0) is 24.6. The van der Waals surface area contributed by atoms with E-state index in [0.717, 1.165) is 23.5 Å². The molecule has 0 aliphatic carbocycles. The van der Waals surface area contributed by atoms with Crippen LogP contribution in [0.15, 0.2) is 37.1 Å². The molecule has 176 valence electrons. The van der Waals surface area contributed by atoms with Crippen LogP contribution in [0, 0.1) is 0 Å². The largest absolute Gasteiger partial charge is 0.417 e. The first-order valence-electron chi connectivity index (χ1n) is 9.61. The number of nitrogens with one attached hydrogen (secondary N) is 2. The summed E-state index contributed by atoms with van der Waals surface area (Å²) in [6, 6.07) is 2.49. The lowest BCUT2D eigenvalue weighted by molar-refractivity contribution is -0.137. The van der Waals surface area contributed by atoms with Gasteiger partial charge in [0.15, 0.2) is 11.3 Å². The van der Waals surface area contributed by atoms with Crippen molar-refractivity contribution in [3.05, 3.63) is 63.2 Å². The number of amides is 2. The van der Waals surface area contributed by atoms with Gasteiger partial charge in [-0.1, -0.05) is 11.6 Å². The number of rotatable bonds is 5. The third-order valence-electron chi connectivity index (χ3n) is 4.71. The van der Waals surface area contributed by atoms with Gasteiger partial charge in [-0.15, -0.1) is 11.3 Å². The Morgan fingerprint density at radius 2 is 1.91 bits per heavy atom. The fourth-order valence-electron chi connectivity index (χ4n) is 3.04. The van der Waals surface area contributed by atoms with E-state index >= 15 is 0 Å². The summed E-state index contributed by atoms with van der Waals surface area (Å²) >= 11 is 6.59. The average Bonchev–Trinajstić information content (AvgIpc) is 3.42. The van der Waals surface area contributed by atoms with Gasteiger partial charge in [0.2, 0.25) is 0 Å². The Balaban J connectivity index is 1.46. The summed E-state index contributed by atoms with van der Waals surface area (Å²) in [5.41, 5.74) is -0.191. The van der Waals surface area contributed by atoms with Crippen LogP contribution in [0.25, 0.3) is 11.2 Å². The Hall–Kier alpha value is -3.58. The first-order chi connectivity index (χ1) is 16.0. The van der Waals surface area contributed by atoms with Gasteiger partial charge in [0.05, 0.1) is 29.2 Å². The number of carbonyl (C=O) groups excluding carboxylic acids is 2. The van der Waals surface area contributed by atoms with Crippen LogP contribution in [-0.2, 0) is 13.2 Å². The lowest BCUT2D eigenvalue weighted by Gasteiger charge is -2.11. The first kappa shape index (κ1) is 23.6. The monoisotopic (exact) mass is 509 g/mol. The van der Waals surface area contributed by atoms with Gasteiger partial charge in [0, 0.05) is 12.7 Å². The van der Waals surface area contributed by atoms with Crippen LogP contribution >= 0.6 is 22.9 Å². The smallest absolute Gasteiger partial charge is 0.342 e. The SMILES string of the molecule is C[C@H](NC(=O)c1ncnc2c1ncn2C)c1ncc(C(=O)Nc2ccc(Cl)c(C(F)(F)F)c2)s1. The van der Waals surface area contributed by atoms with E-state index in [1.165, 1.54) is 24.9 Å². The summed E-state index contributed by atoms with van der Waals surface area (Å²) in [6.45, 7) is 1.67. The molecule has 0 spiro atoms. The molecule has 0 saturated carbocycles. The molecular formula is C20H15ClF3N7O2S. The number of aryl methyl sites for hydroxylation is 1. The van der Waals surface area contributed by atoms with Crippen LogP contribution in [0.1, 0.15) is 43.7 Å². The first-order valence-corrected chi connectivity index (χ1v) is 10.8. The predicted molar refractivity (Wildman–Crippen MR) is 119 cm³/mol. The fourth-order valence-corrected chi connectivity index (χ4v) is 4.08. The van der Waals surface area contributed by atoms with E-state index in [0.29, 0.717) is 16.2 Å². The van der Waals surface area contributed by atoms with Crippen molar-refractivity contribution in [2.24, 2.45) is 7.05 Å². The van der Waals surface area contributed by atoms with Gasteiger partial charge < -0.3 is 15.2 Å². The number of imidazole rings is 1. The molecule has 0 bridgehead atoms. The Morgan fingerprint density at radius 3 is 2.65 bits per heavy atom. The summed E-state index contributed by atoms with van der Waals surface area (Å²) < 4.78 is 40.8. The number of alkyl halides is 3. The fraction of sp³-hybridized carbons (Fsp3) is 0.200. The highest BCUT2D eigenvalue weighted by atomic mass is 35.5. The van der Waals surface area contributed by atoms with Gasteiger partial charge in [0.1, 0.15) is 21.7 Å². The zero-order valence-electron chi connectivity index (χ0n) is 17.5. The highest BCUT2D eigenvalue weighted by Crippen LogP contribution is 2.36. The predicted octanol–water partition coefficient (Wildman–Crippen LogP) is 4.24. The standard InChI is InChI=1S/C20H15ClF3N7O2S/c1-9(29-18(33)15-14-16(27-7-26-15)31(2)8-28-14)19-25-6-13(34-19)17(32)30-10-3-4-12(21)11(5-10)20(22,23)24/h3-9H,1-2H3,(H,29,33)(H,30,32)/t9-/m0/s1. The number of halogens is 4. The number of nitrogens with zero attached hydrogens (tertiary/aromatic N) is 5. The molecule has 1 atom stereocenters. The second-order valence-electron chi connectivity index (χ2n) is 7.15. The molecule has 34 heavy (non-hydrogen) atoms. The van der Waals surface area contributed by atoms with Gasteiger partial charge in [-0.3, -0.25) is 9.59 Å². The Bertz CT molecular complexity index is 1400. The molecule has 1 aromatic carbocycles. The zero-order valence-corrected chi connectivity index (χ0v) is 19.1. The molecule has 4 rings (SSSR count). The molecule has 3 heterocycles. The Kier molecular flexibility index (Phi) is 6.23. The molecule has 9 nitrogen and oxygen atoms in total. The van der Waals surface area contributed by atoms with E-state index in [2.05, 4.69) is 30.6 Å². The summed E-state index contributed by atoms with van der Waals surface area (Å²) in [7, 11) is 1.74. The third kappa shape index (κ3) is 4.70.